The average molecular weight is 430 g/mol. The molecule has 1 atom stereocenters. The van der Waals surface area contributed by atoms with Crippen LogP contribution < -0.4 is 10.1 Å². The molecule has 2 aromatic carbocycles. The summed E-state index contributed by atoms with van der Waals surface area (Å²) in [6.07, 6.45) is 1.31. The van der Waals surface area contributed by atoms with E-state index in [4.69, 9.17) is 4.74 Å². The van der Waals surface area contributed by atoms with Crippen LogP contribution in [0.1, 0.15) is 17.5 Å². The SMILES string of the molecule is Cc1ccc(S(=O)(=O)N2CCCN(C(=O)NC[C@@H]3Cc4ccccc4O3)CC2)cc1. The summed E-state index contributed by atoms with van der Waals surface area (Å²) in [5.41, 5.74) is 2.17. The molecule has 2 amide bonds. The predicted octanol–water partition coefficient (Wildman–Crippen LogP) is 2.40. The molecule has 160 valence electrons. The molecule has 0 unspecified atom stereocenters. The van der Waals surface area contributed by atoms with E-state index >= 15 is 0 Å². The van der Waals surface area contributed by atoms with E-state index in [0.717, 1.165) is 23.3 Å². The van der Waals surface area contributed by atoms with E-state index in [0.29, 0.717) is 37.5 Å². The highest BCUT2D eigenvalue weighted by molar-refractivity contribution is 7.89. The molecule has 2 aromatic rings. The van der Waals surface area contributed by atoms with Gasteiger partial charge in [-0.05, 0) is 37.1 Å². The molecule has 2 heterocycles. The first kappa shape index (κ1) is 20.7. The van der Waals surface area contributed by atoms with Crippen LogP contribution in [-0.4, -0.2) is 62.5 Å². The number of para-hydroxylation sites is 1. The van der Waals surface area contributed by atoms with Crippen molar-refractivity contribution in [1.82, 2.24) is 14.5 Å². The highest BCUT2D eigenvalue weighted by Crippen LogP contribution is 2.27. The zero-order chi connectivity index (χ0) is 21.1. The van der Waals surface area contributed by atoms with Gasteiger partial charge in [-0.15, -0.1) is 0 Å². The van der Waals surface area contributed by atoms with Crippen LogP contribution in [0, 0.1) is 6.92 Å². The van der Waals surface area contributed by atoms with Crippen LogP contribution in [-0.2, 0) is 16.4 Å². The highest BCUT2D eigenvalue weighted by atomic mass is 32.2. The van der Waals surface area contributed by atoms with Gasteiger partial charge in [-0.25, -0.2) is 13.2 Å². The molecule has 0 saturated carbocycles. The fourth-order valence-electron chi connectivity index (χ4n) is 3.88. The highest BCUT2D eigenvalue weighted by Gasteiger charge is 2.29. The molecule has 0 aromatic heterocycles. The van der Waals surface area contributed by atoms with Crippen LogP contribution in [0.3, 0.4) is 0 Å². The monoisotopic (exact) mass is 429 g/mol. The van der Waals surface area contributed by atoms with Crippen molar-refractivity contribution in [2.75, 3.05) is 32.7 Å². The summed E-state index contributed by atoms with van der Waals surface area (Å²) in [7, 11) is -3.55. The molecule has 1 N–H and O–H groups in total. The van der Waals surface area contributed by atoms with Gasteiger partial charge in [0.05, 0.1) is 11.4 Å². The predicted molar refractivity (Wildman–Crippen MR) is 114 cm³/mol. The summed E-state index contributed by atoms with van der Waals surface area (Å²) in [6, 6.07) is 14.6. The second-order valence-electron chi connectivity index (χ2n) is 7.80. The number of nitrogens with one attached hydrogen (secondary N) is 1. The molecule has 0 radical (unpaired) electrons. The van der Waals surface area contributed by atoms with Gasteiger partial charge in [0, 0.05) is 32.6 Å². The van der Waals surface area contributed by atoms with Gasteiger partial charge in [0.25, 0.3) is 0 Å². The number of carbonyl (C=O) groups excluding carboxylic acids is 1. The Morgan fingerprint density at radius 2 is 1.83 bits per heavy atom. The van der Waals surface area contributed by atoms with E-state index in [1.165, 1.54) is 4.31 Å². The Balaban J connectivity index is 1.31. The van der Waals surface area contributed by atoms with Crippen molar-refractivity contribution in [3.63, 3.8) is 0 Å². The number of nitrogens with zero attached hydrogens (tertiary/aromatic N) is 2. The first-order valence-electron chi connectivity index (χ1n) is 10.3. The number of urea groups is 1. The molecule has 1 fully saturated rings. The second kappa shape index (κ2) is 8.65. The van der Waals surface area contributed by atoms with Gasteiger partial charge < -0.3 is 15.0 Å². The topological polar surface area (TPSA) is 79.0 Å². The van der Waals surface area contributed by atoms with E-state index in [2.05, 4.69) is 5.32 Å². The molecular weight excluding hydrogens is 402 g/mol. The molecule has 1 saturated heterocycles. The van der Waals surface area contributed by atoms with Crippen molar-refractivity contribution in [3.8, 4) is 5.75 Å². The fraction of sp³-hybridized carbons (Fsp3) is 0.409. The molecule has 8 heteroatoms. The maximum absolute atomic E-state index is 12.9. The van der Waals surface area contributed by atoms with Crippen molar-refractivity contribution >= 4 is 16.1 Å². The molecule has 0 aliphatic carbocycles. The zero-order valence-electron chi connectivity index (χ0n) is 17.1. The first-order valence-corrected chi connectivity index (χ1v) is 11.7. The zero-order valence-corrected chi connectivity index (χ0v) is 17.9. The minimum absolute atomic E-state index is 0.0725. The van der Waals surface area contributed by atoms with Crippen molar-refractivity contribution < 1.29 is 17.9 Å². The summed E-state index contributed by atoms with van der Waals surface area (Å²) < 4.78 is 33.2. The maximum atomic E-state index is 12.9. The van der Waals surface area contributed by atoms with Crippen molar-refractivity contribution in [2.45, 2.75) is 30.8 Å². The second-order valence-corrected chi connectivity index (χ2v) is 9.73. The number of hydrogen-bond acceptors (Lipinski definition) is 4. The molecule has 7 nitrogen and oxygen atoms in total. The van der Waals surface area contributed by atoms with Crippen LogP contribution in [0.15, 0.2) is 53.4 Å². The molecule has 0 spiro atoms. The third-order valence-electron chi connectivity index (χ3n) is 5.60. The Kier molecular flexibility index (Phi) is 5.97. The van der Waals surface area contributed by atoms with E-state index < -0.39 is 10.0 Å². The van der Waals surface area contributed by atoms with Crippen molar-refractivity contribution in [2.24, 2.45) is 0 Å². The number of benzene rings is 2. The van der Waals surface area contributed by atoms with Gasteiger partial charge >= 0.3 is 6.03 Å². The van der Waals surface area contributed by atoms with Crippen LogP contribution in [0.4, 0.5) is 4.79 Å². The molecule has 0 bridgehead atoms. The smallest absolute Gasteiger partial charge is 0.317 e. The van der Waals surface area contributed by atoms with E-state index in [1.807, 2.05) is 31.2 Å². The summed E-state index contributed by atoms with van der Waals surface area (Å²) >= 11 is 0. The normalized spacial score (nSPS) is 19.6. The quantitative estimate of drug-likeness (QED) is 0.810. The number of hydrogen-bond donors (Lipinski definition) is 1. The number of fused-ring (bicyclic) bond motifs is 1. The van der Waals surface area contributed by atoms with Crippen LogP contribution >= 0.6 is 0 Å². The third-order valence-corrected chi connectivity index (χ3v) is 7.51. The lowest BCUT2D eigenvalue weighted by molar-refractivity contribution is 0.186. The van der Waals surface area contributed by atoms with Gasteiger partial charge in [0.2, 0.25) is 10.0 Å². The fourth-order valence-corrected chi connectivity index (χ4v) is 5.35. The van der Waals surface area contributed by atoms with Crippen LogP contribution in [0.25, 0.3) is 0 Å². The van der Waals surface area contributed by atoms with E-state index in [1.54, 1.807) is 29.2 Å². The number of carbonyl (C=O) groups is 1. The number of rotatable bonds is 4. The summed E-state index contributed by atoms with van der Waals surface area (Å²) in [4.78, 5) is 14.6. The Labute approximate surface area is 177 Å². The maximum Gasteiger partial charge on any atom is 0.317 e. The molecule has 2 aliphatic heterocycles. The third kappa shape index (κ3) is 4.44. The number of ether oxygens (including phenoxy) is 1. The van der Waals surface area contributed by atoms with Gasteiger partial charge in [-0.3, -0.25) is 0 Å². The standard InChI is InChI=1S/C22H27N3O4S/c1-17-7-9-20(10-8-17)30(27,28)25-12-4-11-24(13-14-25)22(26)23-16-19-15-18-5-2-3-6-21(18)29-19/h2-3,5-10,19H,4,11-16H2,1H3,(H,23,26)/t19-/m0/s1. The lowest BCUT2D eigenvalue weighted by atomic mass is 10.1. The Morgan fingerprint density at radius 1 is 1.07 bits per heavy atom. The van der Waals surface area contributed by atoms with Gasteiger partial charge in [-0.2, -0.15) is 4.31 Å². The number of sulfonamides is 1. The van der Waals surface area contributed by atoms with Gasteiger partial charge in [0.1, 0.15) is 11.9 Å². The van der Waals surface area contributed by atoms with Crippen LogP contribution in [0.2, 0.25) is 0 Å². The van der Waals surface area contributed by atoms with Gasteiger partial charge in [0.15, 0.2) is 0 Å². The Hall–Kier alpha value is -2.58. The molecule has 4 rings (SSSR count). The van der Waals surface area contributed by atoms with E-state index in [9.17, 15) is 13.2 Å². The number of aryl methyl sites for hydroxylation is 1. The van der Waals surface area contributed by atoms with Gasteiger partial charge in [-0.1, -0.05) is 35.9 Å². The molecule has 2 aliphatic rings. The number of amides is 2. The molecular formula is C22H27N3O4S. The van der Waals surface area contributed by atoms with E-state index in [-0.39, 0.29) is 18.7 Å². The molecule has 30 heavy (non-hydrogen) atoms. The Bertz CT molecular complexity index is 982. The summed E-state index contributed by atoms with van der Waals surface area (Å²) in [6.45, 7) is 3.93. The minimum atomic E-state index is -3.55. The van der Waals surface area contributed by atoms with Crippen LogP contribution in [0.5, 0.6) is 5.75 Å². The van der Waals surface area contributed by atoms with Crippen molar-refractivity contribution in [1.29, 1.82) is 0 Å². The first-order chi connectivity index (χ1) is 14.4. The average Bonchev–Trinajstić information content (AvgIpc) is 2.98. The lowest BCUT2D eigenvalue weighted by Crippen LogP contribution is -2.45. The summed E-state index contributed by atoms with van der Waals surface area (Å²) in [5, 5.41) is 2.94. The summed E-state index contributed by atoms with van der Waals surface area (Å²) in [5.74, 6) is 0.878. The Morgan fingerprint density at radius 3 is 2.60 bits per heavy atom. The largest absolute Gasteiger partial charge is 0.488 e. The van der Waals surface area contributed by atoms with Crippen molar-refractivity contribution in [3.05, 3.63) is 59.7 Å². The lowest BCUT2D eigenvalue weighted by Gasteiger charge is -2.23. The minimum Gasteiger partial charge on any atom is -0.488 e.